The van der Waals surface area contributed by atoms with Crippen LogP contribution in [0.15, 0.2) is 60.0 Å². The lowest BCUT2D eigenvalue weighted by atomic mass is 10.1. The van der Waals surface area contributed by atoms with Crippen molar-refractivity contribution >= 4 is 34.5 Å². The molecule has 3 rings (SSSR count). The minimum atomic E-state index is -0.251. The number of rotatable bonds is 6. The van der Waals surface area contributed by atoms with Gasteiger partial charge in [-0.05, 0) is 61.2 Å². The molecule has 0 aliphatic rings. The topological polar surface area (TPSA) is 67.4 Å². The van der Waals surface area contributed by atoms with Gasteiger partial charge in [-0.15, -0.1) is 11.3 Å². The molecule has 0 aliphatic carbocycles. The van der Waals surface area contributed by atoms with E-state index in [4.69, 9.17) is 4.74 Å². The molecule has 3 aromatic rings. The third-order valence-electron chi connectivity index (χ3n) is 3.91. The molecule has 0 fully saturated rings. The van der Waals surface area contributed by atoms with Crippen LogP contribution >= 0.6 is 11.3 Å². The minimum Gasteiger partial charge on any atom is -0.494 e. The average Bonchev–Trinajstić information content (AvgIpc) is 3.20. The fourth-order valence-electron chi connectivity index (χ4n) is 2.60. The molecule has 6 heteroatoms. The van der Waals surface area contributed by atoms with Crippen LogP contribution in [-0.4, -0.2) is 18.4 Å². The second kappa shape index (κ2) is 8.51. The summed E-state index contributed by atoms with van der Waals surface area (Å²) in [5.74, 6) is 0.306. The highest BCUT2D eigenvalue weighted by Crippen LogP contribution is 2.24. The zero-order valence-corrected chi connectivity index (χ0v) is 15.9. The Bertz CT molecular complexity index is 952. The maximum Gasteiger partial charge on any atom is 0.265 e. The number of aryl methyl sites for hydroxylation is 1. The van der Waals surface area contributed by atoms with Crippen molar-refractivity contribution in [1.29, 1.82) is 0 Å². The number of benzene rings is 2. The number of hydrogen-bond donors (Lipinski definition) is 2. The van der Waals surface area contributed by atoms with E-state index in [1.165, 1.54) is 11.3 Å². The number of anilines is 2. The van der Waals surface area contributed by atoms with Gasteiger partial charge >= 0.3 is 0 Å². The maximum absolute atomic E-state index is 12.6. The van der Waals surface area contributed by atoms with E-state index in [9.17, 15) is 9.59 Å². The summed E-state index contributed by atoms with van der Waals surface area (Å²) in [6.45, 7) is 4.39. The van der Waals surface area contributed by atoms with Crippen molar-refractivity contribution in [1.82, 2.24) is 0 Å². The monoisotopic (exact) mass is 380 g/mol. The summed E-state index contributed by atoms with van der Waals surface area (Å²) in [5, 5.41) is 7.55. The number of nitrogens with one attached hydrogen (secondary N) is 2. The van der Waals surface area contributed by atoms with Crippen LogP contribution in [0.25, 0.3) is 0 Å². The Morgan fingerprint density at radius 2 is 1.67 bits per heavy atom. The summed E-state index contributed by atoms with van der Waals surface area (Å²) < 4.78 is 5.51. The Morgan fingerprint density at radius 1 is 0.963 bits per heavy atom. The van der Waals surface area contributed by atoms with Gasteiger partial charge in [0, 0.05) is 5.56 Å². The zero-order chi connectivity index (χ0) is 19.2. The first-order valence-corrected chi connectivity index (χ1v) is 9.45. The Morgan fingerprint density at radius 3 is 2.26 bits per heavy atom. The predicted molar refractivity (Wildman–Crippen MR) is 109 cm³/mol. The molecule has 0 aliphatic heterocycles. The molecule has 0 bridgehead atoms. The molecular weight excluding hydrogens is 360 g/mol. The van der Waals surface area contributed by atoms with Crippen LogP contribution in [0.3, 0.4) is 0 Å². The average molecular weight is 380 g/mol. The van der Waals surface area contributed by atoms with Gasteiger partial charge < -0.3 is 15.4 Å². The van der Waals surface area contributed by atoms with Crippen molar-refractivity contribution in [2.24, 2.45) is 0 Å². The largest absolute Gasteiger partial charge is 0.494 e. The van der Waals surface area contributed by atoms with Gasteiger partial charge in [0.15, 0.2) is 0 Å². The van der Waals surface area contributed by atoms with Crippen molar-refractivity contribution in [3.8, 4) is 5.75 Å². The summed E-state index contributed by atoms with van der Waals surface area (Å²) in [5.41, 5.74) is 2.50. The smallest absolute Gasteiger partial charge is 0.265 e. The van der Waals surface area contributed by atoms with Crippen LogP contribution in [-0.2, 0) is 0 Å². The highest BCUT2D eigenvalue weighted by molar-refractivity contribution is 7.12. The van der Waals surface area contributed by atoms with Crippen LogP contribution < -0.4 is 15.4 Å². The summed E-state index contributed by atoms with van der Waals surface area (Å²) in [6.07, 6.45) is 0. The van der Waals surface area contributed by atoms with Crippen molar-refractivity contribution in [2.75, 3.05) is 17.2 Å². The second-order valence-corrected chi connectivity index (χ2v) is 6.79. The van der Waals surface area contributed by atoms with Crippen molar-refractivity contribution in [2.45, 2.75) is 13.8 Å². The molecule has 2 N–H and O–H groups in total. The van der Waals surface area contributed by atoms with E-state index in [0.717, 1.165) is 11.3 Å². The first-order valence-electron chi connectivity index (χ1n) is 8.57. The molecule has 0 unspecified atom stereocenters. The second-order valence-electron chi connectivity index (χ2n) is 5.84. The molecule has 0 saturated carbocycles. The Labute approximate surface area is 162 Å². The molecule has 27 heavy (non-hydrogen) atoms. The van der Waals surface area contributed by atoms with Gasteiger partial charge in [0.1, 0.15) is 5.75 Å². The fourth-order valence-corrected chi connectivity index (χ4v) is 3.21. The molecule has 0 radical (unpaired) electrons. The third kappa shape index (κ3) is 4.54. The standard InChI is InChI=1S/C21H20N2O3S/c1-3-26-18-11-10-15(13-14(18)2)20(24)22-16-7-4-5-8-17(16)23-21(25)19-9-6-12-27-19/h4-13H,3H2,1-2H3,(H,22,24)(H,23,25). The van der Waals surface area contributed by atoms with E-state index in [1.807, 2.05) is 25.3 Å². The maximum atomic E-state index is 12.6. The third-order valence-corrected chi connectivity index (χ3v) is 4.77. The molecule has 0 spiro atoms. The zero-order valence-electron chi connectivity index (χ0n) is 15.1. The Balaban J connectivity index is 1.76. The number of carbonyl (C=O) groups is 2. The van der Waals surface area contributed by atoms with Crippen LogP contribution in [0.2, 0.25) is 0 Å². The first-order chi connectivity index (χ1) is 13.1. The molecule has 0 saturated heterocycles. The summed E-state index contributed by atoms with van der Waals surface area (Å²) in [4.78, 5) is 25.5. The molecule has 5 nitrogen and oxygen atoms in total. The molecular formula is C21H20N2O3S. The highest BCUT2D eigenvalue weighted by Gasteiger charge is 2.13. The summed E-state index contributed by atoms with van der Waals surface area (Å²) >= 11 is 1.36. The molecule has 2 amide bonds. The highest BCUT2D eigenvalue weighted by atomic mass is 32.1. The van der Waals surface area contributed by atoms with Crippen LogP contribution in [0.5, 0.6) is 5.75 Å². The number of amides is 2. The van der Waals surface area contributed by atoms with E-state index < -0.39 is 0 Å². The van der Waals surface area contributed by atoms with E-state index in [0.29, 0.717) is 28.4 Å². The molecule has 1 heterocycles. The molecule has 0 atom stereocenters. The van der Waals surface area contributed by atoms with Gasteiger partial charge in [-0.2, -0.15) is 0 Å². The normalized spacial score (nSPS) is 10.3. The Hall–Kier alpha value is -3.12. The fraction of sp³-hybridized carbons (Fsp3) is 0.143. The molecule has 2 aromatic carbocycles. The molecule has 1 aromatic heterocycles. The number of ether oxygens (including phenoxy) is 1. The lowest BCUT2D eigenvalue weighted by Crippen LogP contribution is -2.16. The van der Waals surface area contributed by atoms with E-state index >= 15 is 0 Å². The van der Waals surface area contributed by atoms with Gasteiger partial charge in [0.2, 0.25) is 0 Å². The molecule has 138 valence electrons. The van der Waals surface area contributed by atoms with Gasteiger partial charge in [-0.25, -0.2) is 0 Å². The van der Waals surface area contributed by atoms with Gasteiger partial charge in [0.05, 0.1) is 22.9 Å². The van der Waals surface area contributed by atoms with E-state index in [2.05, 4.69) is 10.6 Å². The number of hydrogen-bond acceptors (Lipinski definition) is 4. The Kier molecular flexibility index (Phi) is 5.88. The minimum absolute atomic E-state index is 0.205. The van der Waals surface area contributed by atoms with Gasteiger partial charge in [0.25, 0.3) is 11.8 Å². The number of para-hydroxylation sites is 2. The lowest BCUT2D eigenvalue weighted by molar-refractivity contribution is 0.101. The quantitative estimate of drug-likeness (QED) is 0.635. The predicted octanol–water partition coefficient (Wildman–Crippen LogP) is 4.96. The van der Waals surface area contributed by atoms with Crippen molar-refractivity contribution in [3.05, 3.63) is 76.0 Å². The first kappa shape index (κ1) is 18.7. The van der Waals surface area contributed by atoms with Crippen LogP contribution in [0.1, 0.15) is 32.5 Å². The number of carbonyl (C=O) groups excluding carboxylic acids is 2. The van der Waals surface area contributed by atoms with Crippen molar-refractivity contribution < 1.29 is 14.3 Å². The SMILES string of the molecule is CCOc1ccc(C(=O)Nc2ccccc2NC(=O)c2cccs2)cc1C. The van der Waals surface area contributed by atoms with E-state index in [-0.39, 0.29) is 11.8 Å². The number of thiophene rings is 1. The summed E-state index contributed by atoms with van der Waals surface area (Å²) in [7, 11) is 0. The lowest BCUT2D eigenvalue weighted by Gasteiger charge is -2.13. The van der Waals surface area contributed by atoms with Gasteiger partial charge in [-0.1, -0.05) is 18.2 Å². The van der Waals surface area contributed by atoms with Crippen molar-refractivity contribution in [3.63, 3.8) is 0 Å². The van der Waals surface area contributed by atoms with Crippen LogP contribution in [0, 0.1) is 6.92 Å². The van der Waals surface area contributed by atoms with Gasteiger partial charge in [-0.3, -0.25) is 9.59 Å². The van der Waals surface area contributed by atoms with Crippen LogP contribution in [0.4, 0.5) is 11.4 Å². The summed E-state index contributed by atoms with van der Waals surface area (Å²) in [6, 6.07) is 16.0. The van der Waals surface area contributed by atoms with E-state index in [1.54, 1.807) is 48.5 Å².